The van der Waals surface area contributed by atoms with Gasteiger partial charge in [0.1, 0.15) is 51.7 Å². The van der Waals surface area contributed by atoms with Crippen LogP contribution in [0.25, 0.3) is 0 Å². The van der Waals surface area contributed by atoms with Gasteiger partial charge in [-0.3, -0.25) is 4.79 Å². The van der Waals surface area contributed by atoms with Gasteiger partial charge in [-0.15, -0.1) is 0 Å². The van der Waals surface area contributed by atoms with E-state index in [1.807, 2.05) is 36.4 Å². The summed E-state index contributed by atoms with van der Waals surface area (Å²) in [6.07, 6.45) is 0. The van der Waals surface area contributed by atoms with Gasteiger partial charge in [-0.1, -0.05) is 31.2 Å². The number of carbonyl (C=O) groups excluding carboxylic acids is 5. The van der Waals surface area contributed by atoms with Crippen molar-refractivity contribution in [2.24, 2.45) is 0 Å². The van der Waals surface area contributed by atoms with E-state index in [1.54, 1.807) is 116 Å². The van der Waals surface area contributed by atoms with Gasteiger partial charge in [0.15, 0.2) is 5.78 Å². The molecule has 1 atom stereocenters. The van der Waals surface area contributed by atoms with Gasteiger partial charge in [0.2, 0.25) is 0 Å². The Labute approximate surface area is 397 Å². The zero-order valence-electron chi connectivity index (χ0n) is 37.5. The number of hydrogen-bond donors (Lipinski definition) is 0. The molecule has 69 heavy (non-hydrogen) atoms. The Hall–Kier alpha value is -9.29. The number of ketones is 1. The summed E-state index contributed by atoms with van der Waals surface area (Å²) in [4.78, 5) is 62.9. The van der Waals surface area contributed by atoms with Gasteiger partial charge in [-0.05, 0) is 188 Å². The summed E-state index contributed by atoms with van der Waals surface area (Å²) in [5.74, 6) is 1.56. The van der Waals surface area contributed by atoms with Crippen molar-refractivity contribution in [2.75, 3.05) is 7.11 Å². The van der Waals surface area contributed by atoms with Gasteiger partial charge < -0.3 is 33.2 Å². The van der Waals surface area contributed by atoms with Crippen LogP contribution in [0.1, 0.15) is 82.7 Å². The van der Waals surface area contributed by atoms with Crippen molar-refractivity contribution in [3.63, 3.8) is 0 Å². The predicted molar refractivity (Wildman–Crippen MR) is 256 cm³/mol. The summed E-state index contributed by atoms with van der Waals surface area (Å²) in [5.41, 5.74) is 3.91. The zero-order chi connectivity index (χ0) is 48.3. The van der Waals surface area contributed by atoms with Gasteiger partial charge >= 0.3 is 23.9 Å². The highest BCUT2D eigenvalue weighted by atomic mass is 16.5. The third-order valence-corrected chi connectivity index (χ3v) is 10.8. The van der Waals surface area contributed by atoms with E-state index in [2.05, 4.69) is 6.92 Å². The minimum absolute atomic E-state index is 0.0428. The zero-order valence-corrected chi connectivity index (χ0v) is 37.5. The van der Waals surface area contributed by atoms with Crippen molar-refractivity contribution >= 4 is 29.7 Å². The molecule has 8 aromatic carbocycles. The molecule has 1 unspecified atom stereocenters. The lowest BCUT2D eigenvalue weighted by Crippen LogP contribution is -2.10. The van der Waals surface area contributed by atoms with Crippen LogP contribution in [0.5, 0.6) is 51.7 Å². The maximum absolute atomic E-state index is 12.9. The fourth-order valence-electron chi connectivity index (χ4n) is 6.82. The van der Waals surface area contributed by atoms with Crippen LogP contribution in [-0.4, -0.2) is 36.8 Å². The third-order valence-electron chi connectivity index (χ3n) is 10.8. The van der Waals surface area contributed by atoms with E-state index < -0.39 is 23.9 Å². The molecule has 8 rings (SSSR count). The van der Waals surface area contributed by atoms with Gasteiger partial charge in [0.05, 0.1) is 29.4 Å². The Morgan fingerprint density at radius 1 is 0.304 bits per heavy atom. The number of Topliss-reactive ketones (excluding diaryl/α,β-unsaturated/α-hetero) is 1. The van der Waals surface area contributed by atoms with E-state index in [0.717, 1.165) is 16.9 Å². The van der Waals surface area contributed by atoms with Crippen molar-refractivity contribution in [1.82, 2.24) is 0 Å². The molecule has 0 heterocycles. The second-order valence-electron chi connectivity index (χ2n) is 15.5. The minimum Gasteiger partial charge on any atom is -0.497 e. The van der Waals surface area contributed by atoms with E-state index >= 15 is 0 Å². The highest BCUT2D eigenvalue weighted by Crippen LogP contribution is 2.29. The Morgan fingerprint density at radius 2 is 0.522 bits per heavy atom. The lowest BCUT2D eigenvalue weighted by molar-refractivity contribution is 0.0718. The number of methoxy groups -OCH3 is 1. The molecule has 0 spiro atoms. The van der Waals surface area contributed by atoms with Crippen molar-refractivity contribution in [3.8, 4) is 51.7 Å². The summed E-state index contributed by atoms with van der Waals surface area (Å²) in [6, 6.07) is 53.1. The first-order valence-corrected chi connectivity index (χ1v) is 21.6. The second kappa shape index (κ2) is 21.3. The van der Waals surface area contributed by atoms with Crippen LogP contribution in [0, 0.1) is 0 Å². The fraction of sp³-hybridized carbons (Fsp3) is 0.0702. The first-order chi connectivity index (χ1) is 33.5. The average Bonchev–Trinajstić information content (AvgIpc) is 3.38. The molecule has 0 saturated heterocycles. The highest BCUT2D eigenvalue weighted by Gasteiger charge is 2.16. The summed E-state index contributed by atoms with van der Waals surface area (Å²) in [6.45, 7) is 3.60. The summed E-state index contributed by atoms with van der Waals surface area (Å²) in [7, 11) is 1.64. The first-order valence-electron chi connectivity index (χ1n) is 21.6. The van der Waals surface area contributed by atoms with Gasteiger partial charge in [0, 0.05) is 11.5 Å². The van der Waals surface area contributed by atoms with Gasteiger partial charge in [-0.25, -0.2) is 19.2 Å². The van der Waals surface area contributed by atoms with Crippen LogP contribution < -0.4 is 33.2 Å². The average molecular weight is 919 g/mol. The molecule has 0 N–H and O–H groups in total. The maximum atomic E-state index is 12.9. The summed E-state index contributed by atoms with van der Waals surface area (Å²) >= 11 is 0. The number of benzene rings is 8. The topological polar surface area (TPSA) is 150 Å². The number of hydrogen-bond acceptors (Lipinski definition) is 12. The Morgan fingerprint density at radius 3 is 0.783 bits per heavy atom. The molecule has 8 aromatic rings. The maximum Gasteiger partial charge on any atom is 0.343 e. The Kier molecular flexibility index (Phi) is 14.3. The van der Waals surface area contributed by atoms with Crippen molar-refractivity contribution in [1.29, 1.82) is 0 Å². The molecule has 0 aliphatic rings. The van der Waals surface area contributed by atoms with Crippen LogP contribution in [0.3, 0.4) is 0 Å². The quantitative estimate of drug-likeness (QED) is 0.0515. The summed E-state index contributed by atoms with van der Waals surface area (Å²) in [5, 5.41) is 0. The van der Waals surface area contributed by atoms with E-state index in [4.69, 9.17) is 33.2 Å². The van der Waals surface area contributed by atoms with Gasteiger partial charge in [0.25, 0.3) is 0 Å². The Balaban J connectivity index is 0.762. The smallest absolute Gasteiger partial charge is 0.343 e. The molecule has 12 heteroatoms. The molecule has 0 radical (unpaired) electrons. The number of esters is 4. The molecule has 12 nitrogen and oxygen atoms in total. The van der Waals surface area contributed by atoms with Crippen LogP contribution in [0.4, 0.5) is 0 Å². The normalized spacial score (nSPS) is 11.1. The van der Waals surface area contributed by atoms with E-state index in [1.165, 1.54) is 55.5 Å². The van der Waals surface area contributed by atoms with Crippen LogP contribution in [0.15, 0.2) is 194 Å². The molecule has 342 valence electrons. The SMILES string of the molecule is COc1ccc(C(C)c2ccc(OC(=O)c3ccc(Oc4ccc(C(=O)Oc5ccc(OC(=O)c6ccc(OC(=O)c7ccc(Oc8ccc(C(C)=O)cc8)cc7)cc6)cc5)cc4)cc3)cc2)cc1. The Bertz CT molecular complexity index is 3070. The molecule has 0 aromatic heterocycles. The van der Waals surface area contributed by atoms with E-state index in [9.17, 15) is 24.0 Å². The first kappa shape index (κ1) is 46.2. The highest BCUT2D eigenvalue weighted by molar-refractivity contribution is 5.95. The predicted octanol–water partition coefficient (Wildman–Crippen LogP) is 12.5. The van der Waals surface area contributed by atoms with Gasteiger partial charge in [-0.2, -0.15) is 0 Å². The summed E-state index contributed by atoms with van der Waals surface area (Å²) < 4.78 is 39.0. The number of rotatable bonds is 16. The lowest BCUT2D eigenvalue weighted by Gasteiger charge is -2.14. The number of ether oxygens (including phenoxy) is 7. The molecule has 0 fully saturated rings. The lowest BCUT2D eigenvalue weighted by atomic mass is 9.93. The standard InChI is InChI=1S/C57H42O12/c1-36(38-4-18-45(63-3)19-5-38)39-6-20-50(21-7-39)66-54(59)41-12-26-48(27-13-41)65-49-28-14-43(15-29-49)56(61)68-52-32-34-53(35-33-52)69-57(62)44-16-30-51(31-17-44)67-55(60)42-10-24-47(25-11-42)64-46-22-8-40(9-23-46)37(2)58/h4-36H,1-3H3. The molecular formula is C57H42O12. The molecule has 0 aliphatic carbocycles. The molecule has 0 amide bonds. The molecule has 0 bridgehead atoms. The fourth-order valence-corrected chi connectivity index (χ4v) is 6.82. The molecular weight excluding hydrogens is 877 g/mol. The number of carbonyl (C=O) groups is 5. The van der Waals surface area contributed by atoms with E-state index in [-0.39, 0.29) is 45.6 Å². The third kappa shape index (κ3) is 12.1. The van der Waals surface area contributed by atoms with Crippen LogP contribution >= 0.6 is 0 Å². The van der Waals surface area contributed by atoms with Crippen molar-refractivity contribution < 1.29 is 57.1 Å². The molecule has 0 saturated carbocycles. The second-order valence-corrected chi connectivity index (χ2v) is 15.5. The van der Waals surface area contributed by atoms with Crippen LogP contribution in [-0.2, 0) is 0 Å². The van der Waals surface area contributed by atoms with Crippen LogP contribution in [0.2, 0.25) is 0 Å². The molecule has 0 aliphatic heterocycles. The van der Waals surface area contributed by atoms with E-state index in [0.29, 0.717) is 39.9 Å². The van der Waals surface area contributed by atoms with Crippen molar-refractivity contribution in [2.45, 2.75) is 19.8 Å². The monoisotopic (exact) mass is 918 g/mol. The minimum atomic E-state index is -0.654. The largest absolute Gasteiger partial charge is 0.497 e. The van der Waals surface area contributed by atoms with Crippen molar-refractivity contribution in [3.05, 3.63) is 233 Å².